The van der Waals surface area contributed by atoms with Crippen LogP contribution in [0.15, 0.2) is 5.18 Å². The predicted octanol–water partition coefficient (Wildman–Crippen LogP) is 2.79. The largest absolute Gasteiger partial charge is 0.150 e. The molecule has 3 saturated carbocycles. The van der Waals surface area contributed by atoms with Gasteiger partial charge in [-0.15, -0.1) is 11.6 Å². The molecule has 13 heavy (non-hydrogen) atoms. The molecule has 72 valence electrons. The summed E-state index contributed by atoms with van der Waals surface area (Å²) in [5, 5.41) is 3.29. The summed E-state index contributed by atoms with van der Waals surface area (Å²) >= 11 is 6.25. The van der Waals surface area contributed by atoms with E-state index in [0.717, 1.165) is 11.8 Å². The van der Waals surface area contributed by atoms with Crippen molar-refractivity contribution in [2.75, 3.05) is 0 Å². The molecule has 0 unspecified atom stereocenters. The Balaban J connectivity index is 1.91. The van der Waals surface area contributed by atoms with Gasteiger partial charge in [0.2, 0.25) is 0 Å². The van der Waals surface area contributed by atoms with Crippen LogP contribution in [-0.2, 0) is 0 Å². The monoisotopic (exact) mass is 199 g/mol. The second-order valence-electron chi connectivity index (χ2n) is 4.86. The van der Waals surface area contributed by atoms with Crippen LogP contribution in [-0.4, -0.2) is 11.4 Å². The van der Waals surface area contributed by atoms with Crippen molar-refractivity contribution in [2.24, 2.45) is 28.8 Å². The van der Waals surface area contributed by atoms with Gasteiger partial charge in [-0.25, -0.2) is 0 Å². The fourth-order valence-corrected chi connectivity index (χ4v) is 4.65. The molecule has 0 aromatic heterocycles. The van der Waals surface area contributed by atoms with Gasteiger partial charge in [0.25, 0.3) is 0 Å². The van der Waals surface area contributed by atoms with Crippen LogP contribution in [0.25, 0.3) is 0 Å². The zero-order valence-electron chi connectivity index (χ0n) is 7.53. The van der Waals surface area contributed by atoms with Gasteiger partial charge in [-0.3, -0.25) is 0 Å². The zero-order chi connectivity index (χ0) is 9.00. The summed E-state index contributed by atoms with van der Waals surface area (Å²) in [6.07, 6.45) is 5.19. The Morgan fingerprint density at radius 1 is 1.08 bits per heavy atom. The SMILES string of the molecule is O=N[C@@H]1[C@H](Cl)[C@H]2C[C@H]1[C@H]1CCC[C@H]12. The number of hydrogen-bond donors (Lipinski definition) is 0. The van der Waals surface area contributed by atoms with Crippen molar-refractivity contribution in [1.29, 1.82) is 0 Å². The van der Waals surface area contributed by atoms with Crippen molar-refractivity contribution in [1.82, 2.24) is 0 Å². The molecule has 0 amide bonds. The molecule has 0 heterocycles. The van der Waals surface area contributed by atoms with Gasteiger partial charge in [-0.1, -0.05) is 11.6 Å². The first-order valence-corrected chi connectivity index (χ1v) is 5.73. The average molecular weight is 200 g/mol. The van der Waals surface area contributed by atoms with Crippen molar-refractivity contribution >= 4 is 11.6 Å². The normalized spacial score (nSPS) is 58.2. The molecule has 6 atom stereocenters. The highest BCUT2D eigenvalue weighted by Gasteiger charge is 2.59. The van der Waals surface area contributed by atoms with Gasteiger partial charge in [0, 0.05) is 0 Å². The summed E-state index contributed by atoms with van der Waals surface area (Å²) in [6, 6.07) is -0.0639. The van der Waals surface area contributed by atoms with Gasteiger partial charge in [-0.05, 0) is 42.9 Å². The van der Waals surface area contributed by atoms with E-state index >= 15 is 0 Å². The first kappa shape index (κ1) is 8.22. The number of nitroso groups, excluding NO2 is 1. The molecule has 3 heteroatoms. The van der Waals surface area contributed by atoms with E-state index in [1.807, 2.05) is 0 Å². The third-order valence-corrected chi connectivity index (χ3v) is 5.15. The van der Waals surface area contributed by atoms with Gasteiger partial charge < -0.3 is 0 Å². The summed E-state index contributed by atoms with van der Waals surface area (Å²) in [4.78, 5) is 10.7. The van der Waals surface area contributed by atoms with E-state index in [-0.39, 0.29) is 11.4 Å². The highest BCUT2D eigenvalue weighted by molar-refractivity contribution is 6.21. The van der Waals surface area contributed by atoms with E-state index in [1.165, 1.54) is 25.7 Å². The Kier molecular flexibility index (Phi) is 1.70. The Hall–Kier alpha value is -0.110. The van der Waals surface area contributed by atoms with E-state index < -0.39 is 0 Å². The molecule has 0 aromatic carbocycles. The van der Waals surface area contributed by atoms with E-state index in [2.05, 4.69) is 5.18 Å². The Labute approximate surface area is 83.0 Å². The first-order valence-electron chi connectivity index (χ1n) is 5.29. The summed E-state index contributed by atoms with van der Waals surface area (Å²) in [6.45, 7) is 0. The number of fused-ring (bicyclic) bond motifs is 5. The van der Waals surface area contributed by atoms with Crippen LogP contribution < -0.4 is 0 Å². The molecule has 0 N–H and O–H groups in total. The topological polar surface area (TPSA) is 29.4 Å². The highest BCUT2D eigenvalue weighted by Crippen LogP contribution is 2.60. The number of nitrogens with zero attached hydrogens (tertiary/aromatic N) is 1. The number of alkyl halides is 1. The maximum atomic E-state index is 10.7. The van der Waals surface area contributed by atoms with Gasteiger partial charge >= 0.3 is 0 Å². The predicted molar refractivity (Wildman–Crippen MR) is 51.7 cm³/mol. The molecule has 3 aliphatic rings. The fourth-order valence-electron chi connectivity index (χ4n) is 4.13. The van der Waals surface area contributed by atoms with Crippen molar-refractivity contribution in [3.05, 3.63) is 4.91 Å². The van der Waals surface area contributed by atoms with Gasteiger partial charge in [0.15, 0.2) is 0 Å². The lowest BCUT2D eigenvalue weighted by Gasteiger charge is -2.31. The van der Waals surface area contributed by atoms with Crippen LogP contribution in [0.3, 0.4) is 0 Å². The number of rotatable bonds is 1. The van der Waals surface area contributed by atoms with Crippen molar-refractivity contribution in [3.8, 4) is 0 Å². The second kappa shape index (κ2) is 2.69. The Morgan fingerprint density at radius 3 is 2.46 bits per heavy atom. The van der Waals surface area contributed by atoms with Gasteiger partial charge in [0.05, 0.1) is 5.38 Å². The molecule has 3 rings (SSSR count). The maximum Gasteiger partial charge on any atom is 0.112 e. The minimum absolute atomic E-state index is 0.0573. The third kappa shape index (κ3) is 0.903. The smallest absolute Gasteiger partial charge is 0.112 e. The summed E-state index contributed by atoms with van der Waals surface area (Å²) < 4.78 is 0. The highest BCUT2D eigenvalue weighted by atomic mass is 35.5. The lowest BCUT2D eigenvalue weighted by atomic mass is 9.79. The summed E-state index contributed by atoms with van der Waals surface area (Å²) in [7, 11) is 0. The van der Waals surface area contributed by atoms with Gasteiger partial charge in [0.1, 0.15) is 6.04 Å². The molecule has 0 radical (unpaired) electrons. The quantitative estimate of drug-likeness (QED) is 0.472. The Morgan fingerprint density at radius 2 is 1.77 bits per heavy atom. The molecular weight excluding hydrogens is 186 g/mol. The van der Waals surface area contributed by atoms with Crippen molar-refractivity contribution in [3.63, 3.8) is 0 Å². The van der Waals surface area contributed by atoms with E-state index in [0.29, 0.717) is 11.8 Å². The van der Waals surface area contributed by atoms with E-state index in [4.69, 9.17) is 11.6 Å². The van der Waals surface area contributed by atoms with E-state index in [1.54, 1.807) is 0 Å². The molecular formula is C10H14ClNO. The standard InChI is InChI=1S/C10H14ClNO/c11-9-7-4-8(10(9)12-13)6-3-1-2-5(6)7/h5-10H,1-4H2/t5-,6+,7+,8+,9-,10+/m1/s1. The minimum Gasteiger partial charge on any atom is -0.150 e. The van der Waals surface area contributed by atoms with Crippen LogP contribution in [0.1, 0.15) is 25.7 Å². The molecule has 0 aromatic rings. The van der Waals surface area contributed by atoms with E-state index in [9.17, 15) is 4.91 Å². The fraction of sp³-hybridized carbons (Fsp3) is 1.00. The molecule has 0 spiro atoms. The third-order valence-electron chi connectivity index (χ3n) is 4.56. The molecule has 2 bridgehead atoms. The van der Waals surface area contributed by atoms with Crippen molar-refractivity contribution < 1.29 is 0 Å². The number of halogens is 1. The molecule has 2 nitrogen and oxygen atoms in total. The van der Waals surface area contributed by atoms with Crippen LogP contribution >= 0.6 is 11.6 Å². The maximum absolute atomic E-state index is 10.7. The minimum atomic E-state index is -0.0639. The van der Waals surface area contributed by atoms with Gasteiger partial charge in [-0.2, -0.15) is 4.91 Å². The Bertz CT molecular complexity index is 245. The van der Waals surface area contributed by atoms with Crippen LogP contribution in [0.5, 0.6) is 0 Å². The summed E-state index contributed by atoms with van der Waals surface area (Å²) in [5.74, 6) is 2.78. The molecule has 3 fully saturated rings. The molecule has 0 aliphatic heterocycles. The summed E-state index contributed by atoms with van der Waals surface area (Å²) in [5.41, 5.74) is 0. The van der Waals surface area contributed by atoms with Crippen molar-refractivity contribution in [2.45, 2.75) is 37.1 Å². The zero-order valence-corrected chi connectivity index (χ0v) is 8.28. The molecule has 3 aliphatic carbocycles. The number of hydrogen-bond acceptors (Lipinski definition) is 2. The molecule has 0 saturated heterocycles. The average Bonchev–Trinajstić information content (AvgIpc) is 2.71. The van der Waals surface area contributed by atoms with Crippen LogP contribution in [0.4, 0.5) is 0 Å². The lowest BCUT2D eigenvalue weighted by Crippen LogP contribution is -2.35. The van der Waals surface area contributed by atoms with Crippen LogP contribution in [0.2, 0.25) is 0 Å². The first-order chi connectivity index (χ1) is 6.33. The lowest BCUT2D eigenvalue weighted by molar-refractivity contribution is 0.238. The van der Waals surface area contributed by atoms with Crippen LogP contribution in [0, 0.1) is 28.6 Å². The second-order valence-corrected chi connectivity index (χ2v) is 5.37.